The SMILES string of the molecule is CC(C)CCNC1CNC1. The molecule has 0 aromatic rings. The Kier molecular flexibility index (Phi) is 3.16. The number of hydrogen-bond acceptors (Lipinski definition) is 2. The molecule has 1 rings (SSSR count). The molecule has 0 aliphatic carbocycles. The monoisotopic (exact) mass is 142 g/mol. The lowest BCUT2D eigenvalue weighted by molar-refractivity contribution is 0.356. The first-order chi connectivity index (χ1) is 4.79. The average Bonchev–Trinajstić information content (AvgIpc) is 1.75. The Morgan fingerprint density at radius 3 is 2.60 bits per heavy atom. The molecule has 60 valence electrons. The molecule has 1 fully saturated rings. The molecule has 0 aromatic heterocycles. The normalized spacial score (nSPS) is 19.5. The molecule has 2 N–H and O–H groups in total. The van der Waals surface area contributed by atoms with Crippen molar-refractivity contribution in [2.75, 3.05) is 19.6 Å². The molecule has 0 unspecified atom stereocenters. The number of nitrogens with one attached hydrogen (secondary N) is 2. The van der Waals surface area contributed by atoms with Gasteiger partial charge >= 0.3 is 0 Å². The fraction of sp³-hybridized carbons (Fsp3) is 1.00. The highest BCUT2D eigenvalue weighted by Crippen LogP contribution is 1.98. The first-order valence-electron chi connectivity index (χ1n) is 4.23. The molecule has 1 aliphatic rings. The molecule has 2 nitrogen and oxygen atoms in total. The van der Waals surface area contributed by atoms with Crippen molar-refractivity contribution in [2.45, 2.75) is 26.3 Å². The summed E-state index contributed by atoms with van der Waals surface area (Å²) in [5.41, 5.74) is 0. The van der Waals surface area contributed by atoms with Crippen molar-refractivity contribution >= 4 is 0 Å². The van der Waals surface area contributed by atoms with Crippen molar-refractivity contribution < 1.29 is 0 Å². The van der Waals surface area contributed by atoms with Crippen LogP contribution >= 0.6 is 0 Å². The van der Waals surface area contributed by atoms with Crippen molar-refractivity contribution in [3.63, 3.8) is 0 Å². The summed E-state index contributed by atoms with van der Waals surface area (Å²) in [6, 6.07) is 0.763. The first kappa shape index (κ1) is 8.02. The van der Waals surface area contributed by atoms with Gasteiger partial charge in [-0.1, -0.05) is 13.8 Å². The highest BCUT2D eigenvalue weighted by atomic mass is 15.1. The van der Waals surface area contributed by atoms with Crippen LogP contribution in [0.3, 0.4) is 0 Å². The van der Waals surface area contributed by atoms with E-state index in [1.54, 1.807) is 0 Å². The fourth-order valence-electron chi connectivity index (χ4n) is 1.01. The van der Waals surface area contributed by atoms with E-state index in [4.69, 9.17) is 0 Å². The second-order valence-electron chi connectivity index (χ2n) is 3.49. The zero-order chi connectivity index (χ0) is 7.40. The van der Waals surface area contributed by atoms with Crippen LogP contribution in [0.2, 0.25) is 0 Å². The van der Waals surface area contributed by atoms with Crippen LogP contribution in [0.25, 0.3) is 0 Å². The summed E-state index contributed by atoms with van der Waals surface area (Å²) >= 11 is 0. The van der Waals surface area contributed by atoms with Crippen LogP contribution in [0.4, 0.5) is 0 Å². The van der Waals surface area contributed by atoms with E-state index in [9.17, 15) is 0 Å². The van der Waals surface area contributed by atoms with Gasteiger partial charge in [-0.3, -0.25) is 0 Å². The predicted molar refractivity (Wildman–Crippen MR) is 44.1 cm³/mol. The second-order valence-corrected chi connectivity index (χ2v) is 3.49. The third kappa shape index (κ3) is 2.67. The molecular formula is C8H18N2. The van der Waals surface area contributed by atoms with Crippen molar-refractivity contribution in [1.29, 1.82) is 0 Å². The maximum atomic E-state index is 3.49. The van der Waals surface area contributed by atoms with E-state index < -0.39 is 0 Å². The van der Waals surface area contributed by atoms with Crippen LogP contribution in [0.15, 0.2) is 0 Å². The summed E-state index contributed by atoms with van der Waals surface area (Å²) in [4.78, 5) is 0. The molecule has 0 saturated carbocycles. The van der Waals surface area contributed by atoms with E-state index in [1.165, 1.54) is 13.0 Å². The van der Waals surface area contributed by atoms with Crippen molar-refractivity contribution in [2.24, 2.45) is 5.92 Å². The van der Waals surface area contributed by atoms with Gasteiger partial charge in [0.2, 0.25) is 0 Å². The summed E-state index contributed by atoms with van der Waals surface area (Å²) in [5, 5.41) is 6.72. The Bertz CT molecular complexity index is 87.3. The molecule has 10 heavy (non-hydrogen) atoms. The van der Waals surface area contributed by atoms with Crippen LogP contribution in [0.1, 0.15) is 20.3 Å². The molecular weight excluding hydrogens is 124 g/mol. The molecule has 0 aromatic carbocycles. The molecule has 0 amide bonds. The summed E-state index contributed by atoms with van der Waals surface area (Å²) in [7, 11) is 0. The quantitative estimate of drug-likeness (QED) is 0.600. The van der Waals surface area contributed by atoms with Gasteiger partial charge in [-0.25, -0.2) is 0 Å². The topological polar surface area (TPSA) is 24.1 Å². The molecule has 1 heterocycles. The van der Waals surface area contributed by atoms with Crippen LogP contribution in [-0.2, 0) is 0 Å². The number of rotatable bonds is 4. The Morgan fingerprint density at radius 1 is 1.50 bits per heavy atom. The lowest BCUT2D eigenvalue weighted by atomic mass is 10.1. The standard InChI is InChI=1S/C8H18N2/c1-7(2)3-4-10-8-5-9-6-8/h7-10H,3-6H2,1-2H3. The Morgan fingerprint density at radius 2 is 2.20 bits per heavy atom. The summed E-state index contributed by atoms with van der Waals surface area (Å²) in [6.45, 7) is 8.04. The molecule has 1 aliphatic heterocycles. The molecule has 1 saturated heterocycles. The van der Waals surface area contributed by atoms with Crippen LogP contribution < -0.4 is 10.6 Å². The van der Waals surface area contributed by atoms with E-state index in [0.717, 1.165) is 25.0 Å². The van der Waals surface area contributed by atoms with Crippen LogP contribution in [0.5, 0.6) is 0 Å². The van der Waals surface area contributed by atoms with E-state index >= 15 is 0 Å². The Balaban J connectivity index is 1.85. The van der Waals surface area contributed by atoms with Crippen molar-refractivity contribution in [3.05, 3.63) is 0 Å². The maximum Gasteiger partial charge on any atom is 0.0317 e. The third-order valence-electron chi connectivity index (χ3n) is 1.94. The van der Waals surface area contributed by atoms with Crippen molar-refractivity contribution in [3.8, 4) is 0 Å². The van der Waals surface area contributed by atoms with Gasteiger partial charge in [-0.05, 0) is 18.9 Å². The smallest absolute Gasteiger partial charge is 0.0317 e. The zero-order valence-electron chi connectivity index (χ0n) is 6.98. The third-order valence-corrected chi connectivity index (χ3v) is 1.94. The highest BCUT2D eigenvalue weighted by Gasteiger charge is 2.14. The largest absolute Gasteiger partial charge is 0.314 e. The minimum atomic E-state index is 0.763. The predicted octanol–water partition coefficient (Wildman–Crippen LogP) is 0.594. The lowest BCUT2D eigenvalue weighted by Crippen LogP contribution is -2.55. The van der Waals surface area contributed by atoms with E-state index in [-0.39, 0.29) is 0 Å². The van der Waals surface area contributed by atoms with Gasteiger partial charge in [-0.2, -0.15) is 0 Å². The molecule has 0 radical (unpaired) electrons. The van der Waals surface area contributed by atoms with Crippen molar-refractivity contribution in [1.82, 2.24) is 10.6 Å². The van der Waals surface area contributed by atoms with E-state index in [2.05, 4.69) is 24.5 Å². The first-order valence-corrected chi connectivity index (χ1v) is 4.23. The second kappa shape index (κ2) is 3.94. The molecule has 0 bridgehead atoms. The minimum absolute atomic E-state index is 0.763. The molecule has 0 atom stereocenters. The van der Waals surface area contributed by atoms with E-state index in [0.29, 0.717) is 0 Å². The minimum Gasteiger partial charge on any atom is -0.314 e. The van der Waals surface area contributed by atoms with Gasteiger partial charge in [0, 0.05) is 19.1 Å². The van der Waals surface area contributed by atoms with Gasteiger partial charge in [-0.15, -0.1) is 0 Å². The summed E-state index contributed by atoms with van der Waals surface area (Å²) in [6.07, 6.45) is 1.30. The summed E-state index contributed by atoms with van der Waals surface area (Å²) < 4.78 is 0. The van der Waals surface area contributed by atoms with Gasteiger partial charge in [0.05, 0.1) is 0 Å². The Hall–Kier alpha value is -0.0800. The van der Waals surface area contributed by atoms with Gasteiger partial charge in [0.15, 0.2) is 0 Å². The number of hydrogen-bond donors (Lipinski definition) is 2. The van der Waals surface area contributed by atoms with Gasteiger partial charge < -0.3 is 10.6 Å². The summed E-state index contributed by atoms with van der Waals surface area (Å²) in [5.74, 6) is 0.834. The molecule has 0 spiro atoms. The maximum absolute atomic E-state index is 3.49. The molecule has 2 heteroatoms. The van der Waals surface area contributed by atoms with Crippen LogP contribution in [0, 0.1) is 5.92 Å². The highest BCUT2D eigenvalue weighted by molar-refractivity contribution is 4.81. The fourth-order valence-corrected chi connectivity index (χ4v) is 1.01. The van der Waals surface area contributed by atoms with Crippen LogP contribution in [-0.4, -0.2) is 25.7 Å². The zero-order valence-corrected chi connectivity index (χ0v) is 6.98. The van der Waals surface area contributed by atoms with E-state index in [1.807, 2.05) is 0 Å². The lowest BCUT2D eigenvalue weighted by Gasteiger charge is -2.28. The van der Waals surface area contributed by atoms with Gasteiger partial charge in [0.25, 0.3) is 0 Å². The average molecular weight is 142 g/mol. The van der Waals surface area contributed by atoms with Gasteiger partial charge in [0.1, 0.15) is 0 Å². The Labute approximate surface area is 63.4 Å².